The summed E-state index contributed by atoms with van der Waals surface area (Å²) in [6.07, 6.45) is -4.93. The van der Waals surface area contributed by atoms with Crippen LogP contribution in [0.3, 0.4) is 0 Å². The Bertz CT molecular complexity index is 408. The van der Waals surface area contributed by atoms with Crippen LogP contribution < -0.4 is 5.32 Å². The zero-order chi connectivity index (χ0) is 14.5. The van der Waals surface area contributed by atoms with Crippen molar-refractivity contribution in [1.82, 2.24) is 5.32 Å². The molecule has 0 heterocycles. The van der Waals surface area contributed by atoms with E-state index in [1.54, 1.807) is 0 Å². The molecule has 1 aromatic carbocycles. The minimum Gasteiger partial charge on any atom is -0.352 e. The summed E-state index contributed by atoms with van der Waals surface area (Å²) >= 11 is 4.13. The quantitative estimate of drug-likeness (QED) is 0.802. The maximum atomic E-state index is 12.1. The van der Waals surface area contributed by atoms with E-state index in [1.807, 2.05) is 30.3 Å². The van der Waals surface area contributed by atoms with E-state index in [0.29, 0.717) is 6.42 Å². The summed E-state index contributed by atoms with van der Waals surface area (Å²) in [6, 6.07) is 8.26. The molecule has 6 heteroatoms. The van der Waals surface area contributed by atoms with Crippen LogP contribution in [-0.4, -0.2) is 23.4 Å². The predicted octanol–water partition coefficient (Wildman–Crippen LogP) is 2.98. The molecule has 106 valence electrons. The maximum Gasteiger partial charge on any atom is 0.391 e. The van der Waals surface area contributed by atoms with Gasteiger partial charge in [-0.2, -0.15) is 25.8 Å². The van der Waals surface area contributed by atoms with Gasteiger partial charge in [0.15, 0.2) is 0 Å². The summed E-state index contributed by atoms with van der Waals surface area (Å²) in [6.45, 7) is 1.33. The minimum absolute atomic E-state index is 0.383. The lowest BCUT2D eigenvalue weighted by molar-refractivity contribution is -0.141. The molecule has 0 saturated carbocycles. The fraction of sp³-hybridized carbons (Fsp3) is 0.462. The van der Waals surface area contributed by atoms with Crippen molar-refractivity contribution in [2.24, 2.45) is 0 Å². The van der Waals surface area contributed by atoms with Gasteiger partial charge in [0.05, 0.1) is 11.7 Å². The van der Waals surface area contributed by atoms with Crippen molar-refractivity contribution in [3.05, 3.63) is 35.9 Å². The van der Waals surface area contributed by atoms with Crippen LogP contribution in [0.1, 0.15) is 18.9 Å². The lowest BCUT2D eigenvalue weighted by Gasteiger charge is -2.18. The van der Waals surface area contributed by atoms with Crippen LogP contribution >= 0.6 is 12.6 Å². The van der Waals surface area contributed by atoms with Crippen molar-refractivity contribution in [2.45, 2.75) is 37.2 Å². The van der Waals surface area contributed by atoms with Gasteiger partial charge < -0.3 is 5.32 Å². The third-order valence-corrected chi connectivity index (χ3v) is 2.92. The zero-order valence-corrected chi connectivity index (χ0v) is 11.3. The van der Waals surface area contributed by atoms with Crippen LogP contribution in [0.25, 0.3) is 0 Å². The number of hydrogen-bond donors (Lipinski definition) is 2. The van der Waals surface area contributed by atoms with E-state index in [9.17, 15) is 18.0 Å². The Hall–Kier alpha value is -1.17. The molecule has 1 N–H and O–H groups in total. The number of amides is 1. The highest BCUT2D eigenvalue weighted by Crippen LogP contribution is 2.21. The summed E-state index contributed by atoms with van der Waals surface area (Å²) in [5.74, 6) is -0.482. The van der Waals surface area contributed by atoms with Gasteiger partial charge in [0.1, 0.15) is 0 Å². The van der Waals surface area contributed by atoms with Crippen molar-refractivity contribution in [3.63, 3.8) is 0 Å². The van der Waals surface area contributed by atoms with Crippen LogP contribution in [-0.2, 0) is 11.2 Å². The molecule has 0 fully saturated rings. The number of rotatable bonds is 5. The van der Waals surface area contributed by atoms with Gasteiger partial charge in [0, 0.05) is 6.04 Å². The van der Waals surface area contributed by atoms with Crippen molar-refractivity contribution < 1.29 is 18.0 Å². The molecule has 19 heavy (non-hydrogen) atoms. The van der Waals surface area contributed by atoms with E-state index in [2.05, 4.69) is 17.9 Å². The Morgan fingerprint density at radius 3 is 2.42 bits per heavy atom. The third-order valence-electron chi connectivity index (χ3n) is 2.50. The molecule has 1 rings (SSSR count). The molecule has 2 nitrogen and oxygen atoms in total. The number of hydrogen-bond acceptors (Lipinski definition) is 2. The highest BCUT2D eigenvalue weighted by molar-refractivity contribution is 7.81. The van der Waals surface area contributed by atoms with E-state index in [-0.39, 0.29) is 0 Å². The first kappa shape index (κ1) is 15.9. The maximum absolute atomic E-state index is 12.1. The van der Waals surface area contributed by atoms with Gasteiger partial charge in [0.25, 0.3) is 0 Å². The number of carbonyl (C=O) groups is 1. The molecule has 0 aromatic heterocycles. The van der Waals surface area contributed by atoms with E-state index in [1.165, 1.54) is 6.92 Å². The first-order valence-corrected chi connectivity index (χ1v) is 6.38. The predicted molar refractivity (Wildman–Crippen MR) is 71.2 cm³/mol. The number of thiol groups is 1. The first-order chi connectivity index (χ1) is 8.78. The SMILES string of the molecule is CC(CC(F)(F)F)NC(=O)C(S)Cc1ccccc1. The van der Waals surface area contributed by atoms with Crippen molar-refractivity contribution in [2.75, 3.05) is 0 Å². The number of nitrogens with one attached hydrogen (secondary N) is 1. The molecule has 0 aliphatic rings. The summed E-state index contributed by atoms with van der Waals surface area (Å²) in [7, 11) is 0. The molecule has 0 bridgehead atoms. The van der Waals surface area contributed by atoms with Crippen LogP contribution in [0.2, 0.25) is 0 Å². The normalized spacial score (nSPS) is 14.8. The second-order valence-electron chi connectivity index (χ2n) is 4.43. The Morgan fingerprint density at radius 1 is 1.32 bits per heavy atom. The fourth-order valence-electron chi connectivity index (χ4n) is 1.67. The molecule has 2 atom stereocenters. The zero-order valence-electron chi connectivity index (χ0n) is 10.4. The summed E-state index contributed by atoms with van der Waals surface area (Å²) in [5.41, 5.74) is 0.918. The van der Waals surface area contributed by atoms with Crippen molar-refractivity contribution in [3.8, 4) is 0 Å². The average Bonchev–Trinajstić information content (AvgIpc) is 2.27. The lowest BCUT2D eigenvalue weighted by atomic mass is 10.1. The van der Waals surface area contributed by atoms with Gasteiger partial charge in [-0.25, -0.2) is 0 Å². The van der Waals surface area contributed by atoms with Crippen LogP contribution in [0.15, 0.2) is 30.3 Å². The van der Waals surface area contributed by atoms with E-state index in [0.717, 1.165) is 5.56 Å². The molecule has 0 radical (unpaired) electrons. The van der Waals surface area contributed by atoms with Gasteiger partial charge >= 0.3 is 6.18 Å². The van der Waals surface area contributed by atoms with Gasteiger partial charge in [-0.05, 0) is 18.9 Å². The van der Waals surface area contributed by atoms with E-state index in [4.69, 9.17) is 0 Å². The van der Waals surface area contributed by atoms with E-state index >= 15 is 0 Å². The lowest BCUT2D eigenvalue weighted by Crippen LogP contribution is -2.40. The molecule has 0 spiro atoms. The molecular weight excluding hydrogens is 275 g/mol. The molecular formula is C13H16F3NOS. The highest BCUT2D eigenvalue weighted by Gasteiger charge is 2.31. The van der Waals surface area contributed by atoms with Crippen LogP contribution in [0.5, 0.6) is 0 Å². The molecule has 0 aliphatic carbocycles. The number of alkyl halides is 3. The second kappa shape index (κ2) is 6.84. The van der Waals surface area contributed by atoms with Gasteiger partial charge in [-0.15, -0.1) is 0 Å². The molecule has 0 aliphatic heterocycles. The average molecular weight is 291 g/mol. The smallest absolute Gasteiger partial charge is 0.352 e. The van der Waals surface area contributed by atoms with Crippen molar-refractivity contribution in [1.29, 1.82) is 0 Å². The topological polar surface area (TPSA) is 29.1 Å². The van der Waals surface area contributed by atoms with Gasteiger partial charge in [-0.1, -0.05) is 30.3 Å². The summed E-state index contributed by atoms with van der Waals surface area (Å²) in [5, 5.41) is 1.67. The van der Waals surface area contributed by atoms with Gasteiger partial charge in [0.2, 0.25) is 5.91 Å². The number of benzene rings is 1. The third kappa shape index (κ3) is 6.52. The Kier molecular flexibility index (Phi) is 5.72. The molecule has 0 saturated heterocycles. The minimum atomic E-state index is -4.28. The van der Waals surface area contributed by atoms with Crippen LogP contribution in [0.4, 0.5) is 13.2 Å². The number of carbonyl (C=O) groups excluding carboxylic acids is 1. The molecule has 1 amide bonds. The second-order valence-corrected chi connectivity index (χ2v) is 5.06. The highest BCUT2D eigenvalue weighted by atomic mass is 32.1. The fourth-order valence-corrected chi connectivity index (χ4v) is 1.95. The standard InChI is InChI=1S/C13H16F3NOS/c1-9(8-13(14,15)16)17-12(18)11(19)7-10-5-3-2-4-6-10/h2-6,9,11,19H,7-8H2,1H3,(H,17,18). The Balaban J connectivity index is 2.45. The van der Waals surface area contributed by atoms with E-state index < -0.39 is 29.8 Å². The summed E-state index contributed by atoms with van der Waals surface area (Å²) in [4.78, 5) is 11.7. The molecule has 2 unspecified atom stereocenters. The van der Waals surface area contributed by atoms with Crippen molar-refractivity contribution >= 4 is 18.5 Å². The monoisotopic (exact) mass is 291 g/mol. The number of halogens is 3. The first-order valence-electron chi connectivity index (χ1n) is 5.87. The Morgan fingerprint density at radius 2 is 1.89 bits per heavy atom. The summed E-state index contributed by atoms with van der Waals surface area (Å²) < 4.78 is 36.4. The van der Waals surface area contributed by atoms with Gasteiger partial charge in [-0.3, -0.25) is 4.79 Å². The van der Waals surface area contributed by atoms with Crippen LogP contribution in [0, 0.1) is 0 Å². The molecule has 1 aromatic rings. The Labute approximate surface area is 115 Å². The largest absolute Gasteiger partial charge is 0.391 e.